The first-order chi connectivity index (χ1) is 9.02. The maximum atomic E-state index is 11.9. The van der Waals surface area contributed by atoms with E-state index in [4.69, 9.17) is 5.26 Å². The molecule has 19 heavy (non-hydrogen) atoms. The highest BCUT2D eigenvalue weighted by Gasteiger charge is 2.31. The predicted molar refractivity (Wildman–Crippen MR) is 73.3 cm³/mol. The molecular formula is C13H12BrN3O2. The molecule has 0 radical (unpaired) electrons. The molecule has 1 unspecified atom stereocenters. The number of halogens is 1. The van der Waals surface area contributed by atoms with Gasteiger partial charge in [-0.25, -0.2) is 0 Å². The van der Waals surface area contributed by atoms with Crippen LogP contribution in [-0.2, 0) is 9.59 Å². The van der Waals surface area contributed by atoms with Gasteiger partial charge in [-0.2, -0.15) is 5.26 Å². The molecule has 1 aromatic carbocycles. The lowest BCUT2D eigenvalue weighted by Crippen LogP contribution is -2.48. The van der Waals surface area contributed by atoms with Gasteiger partial charge in [-0.1, -0.05) is 0 Å². The molecule has 1 N–H and O–H groups in total. The van der Waals surface area contributed by atoms with Crippen LogP contribution in [0.2, 0.25) is 0 Å². The number of anilines is 1. The Labute approximate surface area is 119 Å². The number of amides is 2. The topological polar surface area (TPSA) is 73.2 Å². The molecule has 1 atom stereocenters. The smallest absolute Gasteiger partial charge is 0.251 e. The summed E-state index contributed by atoms with van der Waals surface area (Å²) < 4.78 is 0.721. The summed E-state index contributed by atoms with van der Waals surface area (Å²) in [6, 6.07) is 6.74. The minimum atomic E-state index is -0.410. The molecule has 0 aliphatic carbocycles. The van der Waals surface area contributed by atoms with E-state index in [0.29, 0.717) is 18.4 Å². The highest BCUT2D eigenvalue weighted by Crippen LogP contribution is 2.26. The van der Waals surface area contributed by atoms with Crippen LogP contribution in [0.25, 0.3) is 0 Å². The molecule has 0 spiro atoms. The Morgan fingerprint density at radius 3 is 2.84 bits per heavy atom. The second-order valence-corrected chi connectivity index (χ2v) is 5.19. The van der Waals surface area contributed by atoms with E-state index >= 15 is 0 Å². The molecule has 98 valence electrons. The van der Waals surface area contributed by atoms with E-state index in [1.165, 1.54) is 7.05 Å². The molecule has 0 bridgehead atoms. The third kappa shape index (κ3) is 2.76. The Bertz CT molecular complexity index is 580. The standard InChI is InChI=1S/C13H12BrN3O2/c1-17-12(18)5-4-11(13(17)19)16-10-3-2-8(7-15)6-9(10)14/h2-3,6,11,16H,4-5H2,1H3. The maximum absolute atomic E-state index is 11.9. The number of likely N-dealkylation sites (N-methyl/N-ethyl adjacent to an activating group) is 1. The summed E-state index contributed by atoms with van der Waals surface area (Å²) in [4.78, 5) is 24.5. The molecule has 0 saturated carbocycles. The highest BCUT2D eigenvalue weighted by molar-refractivity contribution is 9.10. The molecule has 1 aliphatic rings. The lowest BCUT2D eigenvalue weighted by atomic mass is 10.0. The Kier molecular flexibility index (Phi) is 3.86. The van der Waals surface area contributed by atoms with Gasteiger partial charge in [0, 0.05) is 23.6 Å². The zero-order valence-electron chi connectivity index (χ0n) is 10.3. The zero-order chi connectivity index (χ0) is 14.0. The number of likely N-dealkylation sites (tertiary alicyclic amines) is 1. The Balaban J connectivity index is 2.16. The van der Waals surface area contributed by atoms with E-state index in [0.717, 1.165) is 15.1 Å². The largest absolute Gasteiger partial charge is 0.373 e. The lowest BCUT2D eigenvalue weighted by molar-refractivity contribution is -0.146. The van der Waals surface area contributed by atoms with Gasteiger partial charge >= 0.3 is 0 Å². The molecule has 2 rings (SSSR count). The van der Waals surface area contributed by atoms with Gasteiger partial charge < -0.3 is 5.32 Å². The van der Waals surface area contributed by atoms with Crippen LogP contribution in [-0.4, -0.2) is 29.8 Å². The number of rotatable bonds is 2. The van der Waals surface area contributed by atoms with Gasteiger partial charge in [0.15, 0.2) is 0 Å². The Hall–Kier alpha value is -1.87. The van der Waals surface area contributed by atoms with Crippen LogP contribution in [0, 0.1) is 11.3 Å². The minimum absolute atomic E-state index is 0.151. The number of hydrogen-bond donors (Lipinski definition) is 1. The molecule has 1 heterocycles. The highest BCUT2D eigenvalue weighted by atomic mass is 79.9. The maximum Gasteiger partial charge on any atom is 0.251 e. The Morgan fingerprint density at radius 2 is 2.21 bits per heavy atom. The van der Waals surface area contributed by atoms with Crippen molar-refractivity contribution in [2.75, 3.05) is 12.4 Å². The van der Waals surface area contributed by atoms with Gasteiger partial charge in [0.05, 0.1) is 11.6 Å². The fraction of sp³-hybridized carbons (Fsp3) is 0.308. The second-order valence-electron chi connectivity index (χ2n) is 4.33. The van der Waals surface area contributed by atoms with Crippen LogP contribution in [0.4, 0.5) is 5.69 Å². The number of piperidine rings is 1. The fourth-order valence-corrected chi connectivity index (χ4v) is 2.43. The first kappa shape index (κ1) is 13.6. The normalized spacial score (nSPS) is 19.2. The van der Waals surface area contributed by atoms with Crippen molar-refractivity contribution in [2.24, 2.45) is 0 Å². The molecule has 6 heteroatoms. The third-order valence-corrected chi connectivity index (χ3v) is 3.73. The monoisotopic (exact) mass is 321 g/mol. The predicted octanol–water partition coefficient (Wildman–Crippen LogP) is 1.88. The first-order valence-corrected chi connectivity index (χ1v) is 6.59. The number of hydrogen-bond acceptors (Lipinski definition) is 4. The van der Waals surface area contributed by atoms with Crippen molar-refractivity contribution in [2.45, 2.75) is 18.9 Å². The average molecular weight is 322 g/mol. The summed E-state index contributed by atoms with van der Waals surface area (Å²) in [6.07, 6.45) is 0.836. The van der Waals surface area contributed by atoms with Crippen molar-refractivity contribution in [3.63, 3.8) is 0 Å². The summed E-state index contributed by atoms with van der Waals surface area (Å²) in [5.74, 6) is -0.380. The van der Waals surface area contributed by atoms with Crippen molar-refractivity contribution >= 4 is 33.4 Å². The summed E-state index contributed by atoms with van der Waals surface area (Å²) in [5.41, 5.74) is 1.28. The van der Waals surface area contributed by atoms with Gasteiger partial charge in [0.2, 0.25) is 5.91 Å². The molecular weight excluding hydrogens is 310 g/mol. The molecule has 0 aromatic heterocycles. The number of carbonyl (C=O) groups is 2. The first-order valence-electron chi connectivity index (χ1n) is 5.79. The van der Waals surface area contributed by atoms with Gasteiger partial charge in [-0.05, 0) is 40.5 Å². The van der Waals surface area contributed by atoms with Crippen molar-refractivity contribution in [3.05, 3.63) is 28.2 Å². The second kappa shape index (κ2) is 5.41. The van der Waals surface area contributed by atoms with E-state index in [-0.39, 0.29) is 11.8 Å². The van der Waals surface area contributed by atoms with E-state index in [2.05, 4.69) is 21.2 Å². The average Bonchev–Trinajstić information content (AvgIpc) is 2.41. The summed E-state index contributed by atoms with van der Waals surface area (Å²) in [6.45, 7) is 0. The van der Waals surface area contributed by atoms with E-state index in [1.54, 1.807) is 18.2 Å². The molecule has 1 aliphatic heterocycles. The molecule has 1 fully saturated rings. The molecule has 5 nitrogen and oxygen atoms in total. The lowest BCUT2D eigenvalue weighted by Gasteiger charge is -2.29. The fourth-order valence-electron chi connectivity index (χ4n) is 1.94. The SMILES string of the molecule is CN1C(=O)CCC(Nc2ccc(C#N)cc2Br)C1=O. The van der Waals surface area contributed by atoms with Crippen LogP contribution in [0.1, 0.15) is 18.4 Å². The summed E-state index contributed by atoms with van der Waals surface area (Å²) in [5, 5.41) is 11.9. The molecule has 1 saturated heterocycles. The number of carbonyl (C=O) groups excluding carboxylic acids is 2. The number of nitrogens with one attached hydrogen (secondary N) is 1. The quantitative estimate of drug-likeness (QED) is 0.844. The molecule has 1 aromatic rings. The van der Waals surface area contributed by atoms with Crippen LogP contribution in [0.5, 0.6) is 0 Å². The number of imide groups is 1. The van der Waals surface area contributed by atoms with Gasteiger partial charge in [0.1, 0.15) is 6.04 Å². The van der Waals surface area contributed by atoms with Crippen LogP contribution in [0.15, 0.2) is 22.7 Å². The summed E-state index contributed by atoms with van der Waals surface area (Å²) in [7, 11) is 1.49. The van der Waals surface area contributed by atoms with E-state index < -0.39 is 6.04 Å². The van der Waals surface area contributed by atoms with Crippen LogP contribution >= 0.6 is 15.9 Å². The minimum Gasteiger partial charge on any atom is -0.373 e. The number of benzene rings is 1. The zero-order valence-corrected chi connectivity index (χ0v) is 11.9. The van der Waals surface area contributed by atoms with Crippen molar-refractivity contribution in [3.8, 4) is 6.07 Å². The summed E-state index contributed by atoms with van der Waals surface area (Å²) >= 11 is 3.36. The third-order valence-electron chi connectivity index (χ3n) is 3.08. The van der Waals surface area contributed by atoms with E-state index in [9.17, 15) is 9.59 Å². The Morgan fingerprint density at radius 1 is 1.47 bits per heavy atom. The van der Waals surface area contributed by atoms with Crippen molar-refractivity contribution < 1.29 is 9.59 Å². The molecule has 2 amide bonds. The van der Waals surface area contributed by atoms with Gasteiger partial charge in [-0.3, -0.25) is 14.5 Å². The van der Waals surface area contributed by atoms with E-state index in [1.807, 2.05) is 6.07 Å². The van der Waals surface area contributed by atoms with Crippen LogP contribution < -0.4 is 5.32 Å². The van der Waals surface area contributed by atoms with Gasteiger partial charge in [-0.15, -0.1) is 0 Å². The van der Waals surface area contributed by atoms with Crippen molar-refractivity contribution in [1.29, 1.82) is 5.26 Å². The van der Waals surface area contributed by atoms with Gasteiger partial charge in [0.25, 0.3) is 5.91 Å². The number of nitriles is 1. The number of nitrogens with zero attached hydrogens (tertiary/aromatic N) is 2. The van der Waals surface area contributed by atoms with Crippen molar-refractivity contribution in [1.82, 2.24) is 4.90 Å². The van der Waals surface area contributed by atoms with Crippen LogP contribution in [0.3, 0.4) is 0 Å².